The highest BCUT2D eigenvalue weighted by Crippen LogP contribution is 2.25. The smallest absolute Gasteiger partial charge is 0.306 e. The molecule has 1 atom stereocenters. The summed E-state index contributed by atoms with van der Waals surface area (Å²) in [5, 5.41) is 0. The normalized spacial score (nSPS) is 16.1. The molecule has 0 aromatic heterocycles. The maximum atomic E-state index is 12.5. The molecule has 0 radical (unpaired) electrons. The molecule has 0 bridgehead atoms. The van der Waals surface area contributed by atoms with E-state index in [2.05, 4.69) is 13.8 Å². The highest BCUT2D eigenvalue weighted by atomic mass is 16.5. The lowest BCUT2D eigenvalue weighted by molar-refractivity contribution is -0.151. The van der Waals surface area contributed by atoms with Crippen molar-refractivity contribution in [3.05, 3.63) is 0 Å². The van der Waals surface area contributed by atoms with Gasteiger partial charge in [-0.05, 0) is 44.4 Å². The topological polar surface area (TPSA) is 26.3 Å². The van der Waals surface area contributed by atoms with Gasteiger partial charge in [0.05, 0.1) is 0 Å². The monoisotopic (exact) mass is 408 g/mol. The Balaban J connectivity index is 2.23. The molecule has 0 heterocycles. The van der Waals surface area contributed by atoms with Gasteiger partial charge in [0.2, 0.25) is 0 Å². The highest BCUT2D eigenvalue weighted by molar-refractivity contribution is 5.69. The van der Waals surface area contributed by atoms with Gasteiger partial charge in [0.25, 0.3) is 0 Å². The fourth-order valence-electron chi connectivity index (χ4n) is 4.78. The largest absolute Gasteiger partial charge is 0.462 e. The SMILES string of the molecule is CCCCCCCCCCC(CCCCCCCC)CC(=O)OC1CCCCC1. The molecular formula is C27H52O2. The van der Waals surface area contributed by atoms with Crippen LogP contribution in [0.5, 0.6) is 0 Å². The third kappa shape index (κ3) is 15.9. The molecule has 2 heteroatoms. The predicted molar refractivity (Wildman–Crippen MR) is 126 cm³/mol. The van der Waals surface area contributed by atoms with Crippen LogP contribution in [0.15, 0.2) is 0 Å². The Hall–Kier alpha value is -0.530. The van der Waals surface area contributed by atoms with E-state index in [1.807, 2.05) is 0 Å². The van der Waals surface area contributed by atoms with Crippen LogP contribution in [-0.4, -0.2) is 12.1 Å². The molecule has 0 aromatic carbocycles. The number of carbonyl (C=O) groups is 1. The van der Waals surface area contributed by atoms with Crippen molar-refractivity contribution < 1.29 is 9.53 Å². The van der Waals surface area contributed by atoms with E-state index in [9.17, 15) is 4.79 Å². The van der Waals surface area contributed by atoms with Crippen molar-refractivity contribution in [3.63, 3.8) is 0 Å². The van der Waals surface area contributed by atoms with Gasteiger partial charge in [0.15, 0.2) is 0 Å². The minimum Gasteiger partial charge on any atom is -0.462 e. The van der Waals surface area contributed by atoms with Gasteiger partial charge >= 0.3 is 5.97 Å². The fourth-order valence-corrected chi connectivity index (χ4v) is 4.78. The van der Waals surface area contributed by atoms with E-state index in [4.69, 9.17) is 4.74 Å². The summed E-state index contributed by atoms with van der Waals surface area (Å²) in [6, 6.07) is 0. The second-order valence-electron chi connectivity index (χ2n) is 9.64. The molecule has 1 aliphatic carbocycles. The lowest BCUT2D eigenvalue weighted by atomic mass is 9.91. The molecule has 29 heavy (non-hydrogen) atoms. The molecule has 1 unspecified atom stereocenters. The van der Waals surface area contributed by atoms with Crippen LogP contribution in [-0.2, 0) is 9.53 Å². The van der Waals surface area contributed by atoms with Gasteiger partial charge in [-0.3, -0.25) is 4.79 Å². The zero-order valence-corrected chi connectivity index (χ0v) is 20.0. The lowest BCUT2D eigenvalue weighted by Gasteiger charge is -2.23. The minimum absolute atomic E-state index is 0.0902. The fraction of sp³-hybridized carbons (Fsp3) is 0.963. The second kappa shape index (κ2) is 19.4. The van der Waals surface area contributed by atoms with Crippen molar-refractivity contribution in [2.75, 3.05) is 0 Å². The summed E-state index contributed by atoms with van der Waals surface area (Å²) in [6.45, 7) is 4.56. The number of hydrogen-bond donors (Lipinski definition) is 0. The number of ether oxygens (including phenoxy) is 1. The number of rotatable bonds is 19. The first kappa shape index (κ1) is 26.5. The van der Waals surface area contributed by atoms with Crippen molar-refractivity contribution in [2.24, 2.45) is 5.92 Å². The average molecular weight is 409 g/mol. The molecule has 0 saturated heterocycles. The molecule has 0 N–H and O–H groups in total. The van der Waals surface area contributed by atoms with E-state index >= 15 is 0 Å². The van der Waals surface area contributed by atoms with Gasteiger partial charge in [-0.1, -0.05) is 110 Å². The predicted octanol–water partition coefficient (Wildman–Crippen LogP) is 9.15. The summed E-state index contributed by atoms with van der Waals surface area (Å²) in [5.74, 6) is 0.643. The van der Waals surface area contributed by atoms with Crippen LogP contribution in [0.3, 0.4) is 0 Å². The molecule has 1 aliphatic rings. The van der Waals surface area contributed by atoms with Gasteiger partial charge in [0.1, 0.15) is 6.10 Å². The number of hydrogen-bond acceptors (Lipinski definition) is 2. The third-order valence-electron chi connectivity index (χ3n) is 6.74. The van der Waals surface area contributed by atoms with Crippen LogP contribution in [0.1, 0.15) is 155 Å². The van der Waals surface area contributed by atoms with Gasteiger partial charge in [-0.25, -0.2) is 0 Å². The quantitative estimate of drug-likeness (QED) is 0.157. The van der Waals surface area contributed by atoms with Gasteiger partial charge in [0, 0.05) is 6.42 Å². The second-order valence-corrected chi connectivity index (χ2v) is 9.64. The number of carbonyl (C=O) groups excluding carboxylic acids is 1. The molecule has 0 aromatic rings. The molecule has 172 valence electrons. The zero-order chi connectivity index (χ0) is 21.0. The van der Waals surface area contributed by atoms with Crippen LogP contribution in [0, 0.1) is 5.92 Å². The molecule has 0 amide bonds. The number of esters is 1. The Morgan fingerprint density at radius 1 is 0.690 bits per heavy atom. The van der Waals surface area contributed by atoms with E-state index in [1.54, 1.807) is 0 Å². The average Bonchev–Trinajstić information content (AvgIpc) is 2.73. The number of unbranched alkanes of at least 4 members (excludes halogenated alkanes) is 12. The van der Waals surface area contributed by atoms with Crippen molar-refractivity contribution in [1.82, 2.24) is 0 Å². The molecule has 1 fully saturated rings. The van der Waals surface area contributed by atoms with Gasteiger partial charge in [-0.15, -0.1) is 0 Å². The van der Waals surface area contributed by atoms with Crippen LogP contribution < -0.4 is 0 Å². The van der Waals surface area contributed by atoms with Crippen LogP contribution >= 0.6 is 0 Å². The van der Waals surface area contributed by atoms with Crippen molar-refractivity contribution in [2.45, 2.75) is 161 Å². The Morgan fingerprint density at radius 2 is 1.14 bits per heavy atom. The molecule has 1 rings (SSSR count). The molecule has 0 spiro atoms. The van der Waals surface area contributed by atoms with E-state index in [0.717, 1.165) is 12.8 Å². The van der Waals surface area contributed by atoms with Crippen LogP contribution in [0.25, 0.3) is 0 Å². The first-order valence-electron chi connectivity index (χ1n) is 13.5. The van der Waals surface area contributed by atoms with E-state index in [0.29, 0.717) is 12.3 Å². The van der Waals surface area contributed by atoms with E-state index in [1.165, 1.54) is 122 Å². The standard InChI is InChI=1S/C27H52O2/c1-3-5-7-9-11-12-14-17-21-25(20-16-13-10-8-6-4-2)24-27(28)29-26-22-18-15-19-23-26/h25-26H,3-24H2,1-2H3. The summed E-state index contributed by atoms with van der Waals surface area (Å²) in [7, 11) is 0. The Labute approximate surface area is 182 Å². The van der Waals surface area contributed by atoms with E-state index in [-0.39, 0.29) is 12.1 Å². The first-order chi connectivity index (χ1) is 14.3. The highest BCUT2D eigenvalue weighted by Gasteiger charge is 2.20. The van der Waals surface area contributed by atoms with Crippen molar-refractivity contribution in [3.8, 4) is 0 Å². The Bertz CT molecular complexity index is 360. The minimum atomic E-state index is 0.0902. The lowest BCUT2D eigenvalue weighted by Crippen LogP contribution is -2.22. The summed E-state index contributed by atoms with van der Waals surface area (Å²) in [5.41, 5.74) is 0. The van der Waals surface area contributed by atoms with Crippen LogP contribution in [0.4, 0.5) is 0 Å². The van der Waals surface area contributed by atoms with Crippen molar-refractivity contribution >= 4 is 5.97 Å². The van der Waals surface area contributed by atoms with Gasteiger partial charge < -0.3 is 4.74 Å². The Kier molecular flexibility index (Phi) is 17.8. The van der Waals surface area contributed by atoms with E-state index < -0.39 is 0 Å². The maximum absolute atomic E-state index is 12.5. The Morgan fingerprint density at radius 3 is 1.62 bits per heavy atom. The summed E-state index contributed by atoms with van der Waals surface area (Å²) < 4.78 is 5.82. The third-order valence-corrected chi connectivity index (χ3v) is 6.74. The molecular weight excluding hydrogens is 356 g/mol. The summed E-state index contributed by atoms with van der Waals surface area (Å²) >= 11 is 0. The first-order valence-corrected chi connectivity index (χ1v) is 13.5. The summed E-state index contributed by atoms with van der Waals surface area (Å²) in [6.07, 6.45) is 28.3. The molecule has 1 saturated carbocycles. The molecule has 2 nitrogen and oxygen atoms in total. The van der Waals surface area contributed by atoms with Crippen molar-refractivity contribution in [1.29, 1.82) is 0 Å². The zero-order valence-electron chi connectivity index (χ0n) is 20.0. The van der Waals surface area contributed by atoms with Gasteiger partial charge in [-0.2, -0.15) is 0 Å². The maximum Gasteiger partial charge on any atom is 0.306 e. The molecule has 0 aliphatic heterocycles. The van der Waals surface area contributed by atoms with Crippen LogP contribution in [0.2, 0.25) is 0 Å². The summed E-state index contributed by atoms with van der Waals surface area (Å²) in [4.78, 5) is 12.5.